The average molecular weight is 1090 g/mol. The first-order valence-corrected chi connectivity index (χ1v) is 27.6. The van der Waals surface area contributed by atoms with Gasteiger partial charge in [-0.05, 0) is 60.5 Å². The number of para-hydroxylation sites is 1. The molecule has 0 spiro atoms. The van der Waals surface area contributed by atoms with Crippen LogP contribution in [-0.2, 0) is 56.1 Å². The van der Waals surface area contributed by atoms with E-state index in [1.54, 1.807) is 34.2 Å². The number of hydrogen-bond donors (Lipinski definition) is 8. The molecule has 410 valence electrons. The number of carbonyl (C=O) groups is 3. The summed E-state index contributed by atoms with van der Waals surface area (Å²) in [6.45, 7) is 1.24. The topological polar surface area (TPSA) is 300 Å². The van der Waals surface area contributed by atoms with E-state index in [-0.39, 0.29) is 85.6 Å². The summed E-state index contributed by atoms with van der Waals surface area (Å²) in [4.78, 5) is 71.6. The van der Waals surface area contributed by atoms with E-state index in [1.807, 2.05) is 48.5 Å². The molecule has 0 saturated carbocycles. The Balaban J connectivity index is 0.803. The van der Waals surface area contributed by atoms with E-state index in [2.05, 4.69) is 22.4 Å². The zero-order chi connectivity index (χ0) is 54.3. The molecule has 6 rings (SSSR count). The predicted molar refractivity (Wildman–Crippen MR) is 289 cm³/mol. The molecule has 1 aliphatic rings. The minimum Gasteiger partial charge on any atom is -0.504 e. The van der Waals surface area contributed by atoms with Crippen molar-refractivity contribution in [1.29, 1.82) is 0 Å². The second-order valence-electron chi connectivity index (χ2n) is 17.4. The lowest BCUT2D eigenvalue weighted by Gasteiger charge is -2.33. The standard InChI is InChI=1S/C53H67N6O15PS/c54-49-41-11-5-6-12-43(41)58(48(63)20-19-47(62)56-21-7-1-2-8-24-73-75(66,67)76)36-39-9-3-4-10-40(39)50(49)59(55)23-26-69-28-30-71-32-34-72-33-31-70-29-27-68-25-22-57-53(65)38-15-13-37(14-16-38)46-35-45(61)42-17-18-44(60)51(64)52(42)74-46/h3-6,9-18,35,60,64H,1-2,7-8,19-34,36,54-55H2,(H,56,62)(H,57,65)(H2,66,67,76)/b50-49-. The molecule has 0 saturated heterocycles. The van der Waals surface area contributed by atoms with Crippen molar-refractivity contribution in [3.63, 3.8) is 0 Å². The number of nitrogens with zero attached hydrogens (tertiary/aromatic N) is 2. The molecule has 76 heavy (non-hydrogen) atoms. The van der Waals surface area contributed by atoms with Gasteiger partial charge in [-0.3, -0.25) is 19.2 Å². The maximum atomic E-state index is 13.8. The van der Waals surface area contributed by atoms with Gasteiger partial charge < -0.3 is 78.9 Å². The van der Waals surface area contributed by atoms with E-state index < -0.39 is 18.2 Å². The van der Waals surface area contributed by atoms with E-state index in [0.29, 0.717) is 106 Å². The molecule has 0 aliphatic carbocycles. The molecule has 0 bridgehead atoms. The largest absolute Gasteiger partial charge is 0.504 e. The number of phenols is 2. The number of ether oxygens (including phenoxy) is 5. The van der Waals surface area contributed by atoms with Gasteiger partial charge in [-0.2, -0.15) is 0 Å². The number of phenolic OH excluding ortho intramolecular Hbond substituents is 2. The zero-order valence-electron chi connectivity index (χ0n) is 42.2. The first kappa shape index (κ1) is 59.0. The Kier molecular flexibility index (Phi) is 23.6. The minimum absolute atomic E-state index is 0.00607. The number of amides is 3. The number of nitrogens with two attached hydrogens (primary N) is 2. The smallest absolute Gasteiger partial charge is 0.321 e. The lowest BCUT2D eigenvalue weighted by Crippen LogP contribution is -2.38. The molecule has 0 atom stereocenters. The predicted octanol–water partition coefficient (Wildman–Crippen LogP) is 4.87. The van der Waals surface area contributed by atoms with Crippen LogP contribution >= 0.6 is 6.72 Å². The molecule has 10 N–H and O–H groups in total. The van der Waals surface area contributed by atoms with Crippen LogP contribution in [0.2, 0.25) is 0 Å². The monoisotopic (exact) mass is 1090 g/mol. The molecule has 2 heterocycles. The third-order valence-corrected chi connectivity index (χ3v) is 12.8. The van der Waals surface area contributed by atoms with Crippen LogP contribution in [0.5, 0.6) is 11.5 Å². The highest BCUT2D eigenvalue weighted by Crippen LogP contribution is 2.38. The third-order valence-electron chi connectivity index (χ3n) is 11.9. The van der Waals surface area contributed by atoms with Crippen LogP contribution in [0.3, 0.4) is 0 Å². The lowest BCUT2D eigenvalue weighted by atomic mass is 9.95. The molecule has 3 amide bonds. The maximum absolute atomic E-state index is 13.8. The van der Waals surface area contributed by atoms with Gasteiger partial charge in [-0.25, -0.2) is 5.84 Å². The van der Waals surface area contributed by atoms with Crippen LogP contribution in [0.15, 0.2) is 100 Å². The summed E-state index contributed by atoms with van der Waals surface area (Å²) in [5.41, 5.74) is 11.1. The number of unbranched alkanes of at least 4 members (excludes halogenated alkanes) is 3. The Morgan fingerprint density at radius 3 is 2.01 bits per heavy atom. The van der Waals surface area contributed by atoms with Gasteiger partial charge in [0.2, 0.25) is 17.6 Å². The summed E-state index contributed by atoms with van der Waals surface area (Å²) in [7, 11) is 0. The van der Waals surface area contributed by atoms with Crippen LogP contribution < -0.4 is 32.5 Å². The van der Waals surface area contributed by atoms with Crippen LogP contribution in [0, 0.1) is 0 Å². The van der Waals surface area contributed by atoms with Crippen molar-refractivity contribution in [2.45, 2.75) is 45.1 Å². The lowest BCUT2D eigenvalue weighted by molar-refractivity contribution is -0.125. The van der Waals surface area contributed by atoms with E-state index in [1.165, 1.54) is 18.2 Å². The number of anilines is 1. The molecular formula is C53H67N6O15PS. The van der Waals surface area contributed by atoms with Crippen LogP contribution in [0.1, 0.15) is 65.6 Å². The number of hydrogen-bond acceptors (Lipinski definition) is 17. The average Bonchev–Trinajstić information content (AvgIpc) is 3.40. The second-order valence-corrected chi connectivity index (χ2v) is 20.0. The van der Waals surface area contributed by atoms with Crippen molar-refractivity contribution in [2.75, 3.05) is 97.2 Å². The van der Waals surface area contributed by atoms with Gasteiger partial charge in [-0.15, -0.1) is 0 Å². The van der Waals surface area contributed by atoms with Crippen LogP contribution in [0.25, 0.3) is 33.7 Å². The van der Waals surface area contributed by atoms with Gasteiger partial charge in [0.25, 0.3) is 5.91 Å². The van der Waals surface area contributed by atoms with Gasteiger partial charge in [0.05, 0.1) is 108 Å². The van der Waals surface area contributed by atoms with Gasteiger partial charge in [0.15, 0.2) is 16.8 Å². The first-order chi connectivity index (χ1) is 36.7. The molecule has 4 aromatic carbocycles. The number of carbonyl (C=O) groups excluding carboxylic acids is 3. The van der Waals surface area contributed by atoms with Gasteiger partial charge in [-0.1, -0.05) is 67.4 Å². The van der Waals surface area contributed by atoms with Crippen molar-refractivity contribution >= 4 is 64.3 Å². The van der Waals surface area contributed by atoms with Crippen molar-refractivity contribution in [3.05, 3.63) is 123 Å². The summed E-state index contributed by atoms with van der Waals surface area (Å²) in [6, 6.07) is 25.2. The Morgan fingerprint density at radius 1 is 0.711 bits per heavy atom. The summed E-state index contributed by atoms with van der Waals surface area (Å²) >= 11 is 4.44. The Morgan fingerprint density at radius 2 is 1.33 bits per heavy atom. The van der Waals surface area contributed by atoms with Crippen molar-refractivity contribution in [2.24, 2.45) is 11.6 Å². The maximum Gasteiger partial charge on any atom is 0.321 e. The fraction of sp³-hybridized carbons (Fsp3) is 0.396. The minimum atomic E-state index is -3.64. The van der Waals surface area contributed by atoms with E-state index in [0.717, 1.165) is 30.4 Å². The van der Waals surface area contributed by atoms with Crippen LogP contribution in [-0.4, -0.2) is 135 Å². The van der Waals surface area contributed by atoms with E-state index in [9.17, 15) is 29.4 Å². The Labute approximate surface area is 445 Å². The molecule has 1 aromatic heterocycles. The molecule has 0 fully saturated rings. The molecule has 5 aromatic rings. The SMILES string of the molecule is N/C1=C(\N(N)CCOCCOCCOCCOCCOCCNC(=O)c2ccc(-c3cc(=O)c4ccc(O)c(O)c4o3)cc2)c2ccccc2CN(C(=O)CCC(=O)NCCCCCCOP(O)(O)=S)c2ccccc21. The highest BCUT2D eigenvalue weighted by atomic mass is 32.5. The normalized spacial score (nSPS) is 13.4. The number of nitrogens with one attached hydrogen (secondary N) is 2. The van der Waals surface area contributed by atoms with Gasteiger partial charge in [0, 0.05) is 54.3 Å². The number of fused-ring (bicyclic) bond motifs is 3. The summed E-state index contributed by atoms with van der Waals surface area (Å²) in [6.07, 6.45) is 2.96. The molecule has 0 radical (unpaired) electrons. The third kappa shape index (κ3) is 18.2. The number of hydrazine groups is 1. The first-order valence-electron chi connectivity index (χ1n) is 24.9. The summed E-state index contributed by atoms with van der Waals surface area (Å²) < 4.78 is 38.7. The zero-order valence-corrected chi connectivity index (χ0v) is 43.9. The highest BCUT2D eigenvalue weighted by Gasteiger charge is 2.28. The Hall–Kier alpha value is -6.27. The van der Waals surface area contributed by atoms with E-state index in [4.69, 9.17) is 54.0 Å². The number of rotatable bonds is 32. The van der Waals surface area contributed by atoms with E-state index >= 15 is 0 Å². The number of benzene rings is 4. The molecular weight excluding hydrogens is 1020 g/mol. The quantitative estimate of drug-likeness (QED) is 0.00936. The number of aromatic hydroxyl groups is 2. The molecule has 0 unspecified atom stereocenters. The summed E-state index contributed by atoms with van der Waals surface area (Å²) in [5.74, 6) is 5.18. The fourth-order valence-corrected chi connectivity index (χ4v) is 8.63. The van der Waals surface area contributed by atoms with Crippen LogP contribution in [0.4, 0.5) is 5.69 Å². The van der Waals surface area contributed by atoms with Gasteiger partial charge in [0.1, 0.15) is 5.76 Å². The second kappa shape index (κ2) is 30.5. The Bertz CT molecular complexity index is 2850. The molecule has 21 nitrogen and oxygen atoms in total. The highest BCUT2D eigenvalue weighted by molar-refractivity contribution is 8.06. The molecule has 1 aliphatic heterocycles. The summed E-state index contributed by atoms with van der Waals surface area (Å²) in [5, 5.41) is 27.3. The fourth-order valence-electron chi connectivity index (χ4n) is 8.04. The van der Waals surface area contributed by atoms with Crippen molar-refractivity contribution < 1.29 is 67.0 Å². The molecule has 23 heteroatoms. The van der Waals surface area contributed by atoms with Crippen molar-refractivity contribution in [1.82, 2.24) is 15.6 Å². The van der Waals surface area contributed by atoms with Gasteiger partial charge >= 0.3 is 6.72 Å². The van der Waals surface area contributed by atoms with Crippen molar-refractivity contribution in [3.8, 4) is 22.8 Å².